The molecule has 0 aromatic heterocycles. The fourth-order valence-corrected chi connectivity index (χ4v) is 3.65. The molecule has 0 aliphatic heterocycles. The molecule has 0 atom stereocenters. The minimum Gasteiger partial charge on any atom is -0.293 e. The number of Topliss-reactive ketones (excluding diaryl/α,β-unsaturated/α-hetero) is 1. The van der Waals surface area contributed by atoms with E-state index in [0.29, 0.717) is 11.1 Å². The molecule has 0 radical (unpaired) electrons. The van der Waals surface area contributed by atoms with Gasteiger partial charge in [-0.15, -0.1) is 0 Å². The molecule has 0 unspecified atom stereocenters. The molecule has 0 bridgehead atoms. The SMILES string of the molecule is Cc1ccccc1S(=O)(=O)CC(=O)c1ccc(Br)cc1. The number of halogens is 1. The van der Waals surface area contributed by atoms with Gasteiger partial charge >= 0.3 is 0 Å². The van der Waals surface area contributed by atoms with E-state index in [9.17, 15) is 13.2 Å². The molecule has 2 aromatic rings. The third-order valence-corrected chi connectivity index (χ3v) is 5.22. The van der Waals surface area contributed by atoms with E-state index in [-0.39, 0.29) is 4.90 Å². The van der Waals surface area contributed by atoms with Crippen molar-refractivity contribution in [3.63, 3.8) is 0 Å². The number of carbonyl (C=O) groups excluding carboxylic acids is 1. The molecule has 5 heteroatoms. The van der Waals surface area contributed by atoms with Gasteiger partial charge in [-0.3, -0.25) is 4.79 Å². The molecule has 20 heavy (non-hydrogen) atoms. The van der Waals surface area contributed by atoms with E-state index in [1.54, 1.807) is 49.4 Å². The maximum absolute atomic E-state index is 12.3. The number of hydrogen-bond acceptors (Lipinski definition) is 3. The van der Waals surface area contributed by atoms with Gasteiger partial charge in [-0.1, -0.05) is 46.3 Å². The number of hydrogen-bond donors (Lipinski definition) is 0. The smallest absolute Gasteiger partial charge is 0.186 e. The summed E-state index contributed by atoms with van der Waals surface area (Å²) in [6.07, 6.45) is 0. The molecule has 0 aliphatic rings. The molecule has 0 heterocycles. The molecule has 0 aliphatic carbocycles. The summed E-state index contributed by atoms with van der Waals surface area (Å²) >= 11 is 3.27. The molecule has 2 rings (SSSR count). The lowest BCUT2D eigenvalue weighted by atomic mass is 10.2. The van der Waals surface area contributed by atoms with Crippen LogP contribution in [0.1, 0.15) is 15.9 Å². The summed E-state index contributed by atoms with van der Waals surface area (Å²) in [6.45, 7) is 1.72. The van der Waals surface area contributed by atoms with Crippen LogP contribution in [-0.2, 0) is 9.84 Å². The van der Waals surface area contributed by atoms with Gasteiger partial charge in [0.25, 0.3) is 0 Å². The van der Waals surface area contributed by atoms with Crippen molar-refractivity contribution >= 4 is 31.6 Å². The Kier molecular flexibility index (Phi) is 4.40. The number of sulfone groups is 1. The van der Waals surface area contributed by atoms with Crippen molar-refractivity contribution < 1.29 is 13.2 Å². The van der Waals surface area contributed by atoms with Crippen molar-refractivity contribution in [2.75, 3.05) is 5.75 Å². The monoisotopic (exact) mass is 352 g/mol. The van der Waals surface area contributed by atoms with Crippen LogP contribution < -0.4 is 0 Å². The van der Waals surface area contributed by atoms with Crippen LogP contribution in [0.3, 0.4) is 0 Å². The summed E-state index contributed by atoms with van der Waals surface area (Å²) in [4.78, 5) is 12.3. The standard InChI is InChI=1S/C15H13BrO3S/c1-11-4-2-3-5-15(11)20(18,19)10-14(17)12-6-8-13(16)9-7-12/h2-9H,10H2,1H3. The van der Waals surface area contributed by atoms with Gasteiger partial charge in [0.2, 0.25) is 0 Å². The second kappa shape index (κ2) is 5.89. The second-order valence-corrected chi connectivity index (χ2v) is 7.33. The average molecular weight is 353 g/mol. The highest BCUT2D eigenvalue weighted by molar-refractivity contribution is 9.10. The minimum absolute atomic E-state index is 0.213. The lowest BCUT2D eigenvalue weighted by molar-refractivity contribution is 0.102. The first-order chi connectivity index (χ1) is 9.40. The zero-order chi connectivity index (χ0) is 14.8. The molecule has 104 valence electrons. The average Bonchev–Trinajstić information content (AvgIpc) is 2.39. The van der Waals surface area contributed by atoms with Gasteiger partial charge in [0.05, 0.1) is 4.90 Å². The first-order valence-electron chi connectivity index (χ1n) is 5.97. The third kappa shape index (κ3) is 3.35. The van der Waals surface area contributed by atoms with Gasteiger partial charge in [0.15, 0.2) is 15.6 Å². The molecular formula is C15H13BrO3S. The Morgan fingerprint density at radius 3 is 2.25 bits per heavy atom. The zero-order valence-electron chi connectivity index (χ0n) is 10.8. The van der Waals surface area contributed by atoms with E-state index in [4.69, 9.17) is 0 Å². The van der Waals surface area contributed by atoms with Crippen LogP contribution in [0.25, 0.3) is 0 Å². The summed E-state index contributed by atoms with van der Waals surface area (Å²) in [5.41, 5.74) is 1.04. The van der Waals surface area contributed by atoms with Crippen molar-refractivity contribution in [2.24, 2.45) is 0 Å². The van der Waals surface area contributed by atoms with E-state index >= 15 is 0 Å². The maximum atomic E-state index is 12.3. The van der Waals surface area contributed by atoms with Crippen LogP contribution in [0.4, 0.5) is 0 Å². The zero-order valence-corrected chi connectivity index (χ0v) is 13.2. The van der Waals surface area contributed by atoms with Gasteiger partial charge in [-0.05, 0) is 30.7 Å². The highest BCUT2D eigenvalue weighted by atomic mass is 79.9. The molecule has 0 saturated heterocycles. The van der Waals surface area contributed by atoms with E-state index in [1.807, 2.05) is 0 Å². The summed E-state index contributed by atoms with van der Waals surface area (Å²) in [5.74, 6) is -0.916. The normalized spacial score (nSPS) is 11.3. The molecule has 0 N–H and O–H groups in total. The quantitative estimate of drug-likeness (QED) is 0.792. The van der Waals surface area contributed by atoms with E-state index in [2.05, 4.69) is 15.9 Å². The predicted molar refractivity (Wildman–Crippen MR) is 81.7 cm³/mol. The van der Waals surface area contributed by atoms with Crippen LogP contribution in [-0.4, -0.2) is 20.0 Å². The molecular weight excluding hydrogens is 340 g/mol. The highest BCUT2D eigenvalue weighted by Crippen LogP contribution is 2.18. The Morgan fingerprint density at radius 2 is 1.65 bits per heavy atom. The van der Waals surface area contributed by atoms with E-state index in [1.165, 1.54) is 6.07 Å². The molecule has 0 saturated carbocycles. The summed E-state index contributed by atoms with van der Waals surface area (Å²) in [7, 11) is -3.61. The highest BCUT2D eigenvalue weighted by Gasteiger charge is 2.21. The third-order valence-electron chi connectivity index (χ3n) is 2.92. The molecule has 0 fully saturated rings. The number of rotatable bonds is 4. The Bertz CT molecular complexity index is 734. The number of ketones is 1. The maximum Gasteiger partial charge on any atom is 0.186 e. The predicted octanol–water partition coefficient (Wildman–Crippen LogP) is 3.41. The molecule has 3 nitrogen and oxygen atoms in total. The van der Waals surface area contributed by atoms with Crippen LogP contribution in [0.15, 0.2) is 57.9 Å². The van der Waals surface area contributed by atoms with Crippen LogP contribution in [0, 0.1) is 6.92 Å². The van der Waals surface area contributed by atoms with Crippen LogP contribution in [0.2, 0.25) is 0 Å². The van der Waals surface area contributed by atoms with Crippen molar-refractivity contribution in [3.05, 3.63) is 64.1 Å². The van der Waals surface area contributed by atoms with Gasteiger partial charge in [0.1, 0.15) is 5.75 Å². The Balaban J connectivity index is 2.27. The topological polar surface area (TPSA) is 51.2 Å². The lowest BCUT2D eigenvalue weighted by Crippen LogP contribution is -2.17. The number of aryl methyl sites for hydroxylation is 1. The van der Waals surface area contributed by atoms with Crippen LogP contribution in [0.5, 0.6) is 0 Å². The fraction of sp³-hybridized carbons (Fsp3) is 0.133. The first kappa shape index (κ1) is 14.9. The van der Waals surface area contributed by atoms with Gasteiger partial charge in [0, 0.05) is 10.0 Å². The Morgan fingerprint density at radius 1 is 1.05 bits per heavy atom. The Labute approximate surface area is 126 Å². The van der Waals surface area contributed by atoms with Gasteiger partial charge in [-0.25, -0.2) is 8.42 Å². The largest absolute Gasteiger partial charge is 0.293 e. The number of carbonyl (C=O) groups is 1. The van der Waals surface area contributed by atoms with E-state index < -0.39 is 21.4 Å². The van der Waals surface area contributed by atoms with E-state index in [0.717, 1.165) is 4.47 Å². The van der Waals surface area contributed by atoms with Crippen LogP contribution >= 0.6 is 15.9 Å². The summed E-state index contributed by atoms with van der Waals surface area (Å²) in [6, 6.07) is 13.3. The van der Waals surface area contributed by atoms with Gasteiger partial charge in [-0.2, -0.15) is 0 Å². The van der Waals surface area contributed by atoms with Crippen molar-refractivity contribution in [2.45, 2.75) is 11.8 Å². The molecule has 0 spiro atoms. The van der Waals surface area contributed by atoms with Crippen molar-refractivity contribution in [3.8, 4) is 0 Å². The Hall–Kier alpha value is -1.46. The second-order valence-electron chi connectivity index (χ2n) is 4.45. The fourth-order valence-electron chi connectivity index (χ4n) is 1.87. The lowest BCUT2D eigenvalue weighted by Gasteiger charge is -2.07. The molecule has 0 amide bonds. The van der Waals surface area contributed by atoms with Crippen molar-refractivity contribution in [1.29, 1.82) is 0 Å². The first-order valence-corrected chi connectivity index (χ1v) is 8.42. The number of benzene rings is 2. The van der Waals surface area contributed by atoms with Gasteiger partial charge < -0.3 is 0 Å². The minimum atomic E-state index is -3.61. The summed E-state index contributed by atoms with van der Waals surface area (Å²) < 4.78 is 25.4. The molecule has 2 aromatic carbocycles. The van der Waals surface area contributed by atoms with Crippen molar-refractivity contribution in [1.82, 2.24) is 0 Å². The summed E-state index contributed by atoms with van der Waals surface area (Å²) in [5, 5.41) is 0.